The summed E-state index contributed by atoms with van der Waals surface area (Å²) in [6.07, 6.45) is 0.957. The summed E-state index contributed by atoms with van der Waals surface area (Å²) in [6.45, 7) is 3.62. The minimum absolute atomic E-state index is 0.0935. The van der Waals surface area contributed by atoms with Gasteiger partial charge >= 0.3 is 5.97 Å². The van der Waals surface area contributed by atoms with Gasteiger partial charge in [-0.25, -0.2) is 4.79 Å². The summed E-state index contributed by atoms with van der Waals surface area (Å²) >= 11 is 0. The van der Waals surface area contributed by atoms with Crippen LogP contribution in [0.15, 0.2) is 48.5 Å². The van der Waals surface area contributed by atoms with Gasteiger partial charge in [0.15, 0.2) is 0 Å². The highest BCUT2D eigenvalue weighted by Gasteiger charge is 2.10. The Bertz CT molecular complexity index is 712. The molecule has 2 rings (SSSR count). The summed E-state index contributed by atoms with van der Waals surface area (Å²) in [5.74, 6) is -1.36. The lowest BCUT2D eigenvalue weighted by Crippen LogP contribution is -2.23. The zero-order valence-corrected chi connectivity index (χ0v) is 13.6. The predicted octanol–water partition coefficient (Wildman–Crippen LogP) is 3.24. The molecule has 0 unspecified atom stereocenters. The Morgan fingerprint density at radius 3 is 2.46 bits per heavy atom. The van der Waals surface area contributed by atoms with E-state index >= 15 is 0 Å². The summed E-state index contributed by atoms with van der Waals surface area (Å²) in [5, 5.41) is 11.8. The molecule has 5 nitrogen and oxygen atoms in total. The Morgan fingerprint density at radius 2 is 1.75 bits per heavy atom. The molecule has 0 fully saturated rings. The monoisotopic (exact) mass is 327 g/mol. The van der Waals surface area contributed by atoms with Crippen molar-refractivity contribution in [3.63, 3.8) is 0 Å². The second-order valence-corrected chi connectivity index (χ2v) is 5.39. The minimum atomic E-state index is -1.05. The van der Waals surface area contributed by atoms with E-state index in [-0.39, 0.29) is 11.5 Å². The molecule has 2 aromatic rings. The first-order valence-electron chi connectivity index (χ1n) is 7.88. The van der Waals surface area contributed by atoms with Crippen LogP contribution in [-0.2, 0) is 17.9 Å². The zero-order chi connectivity index (χ0) is 17.4. The lowest BCUT2D eigenvalue weighted by molar-refractivity contribution is 0.0697. The fourth-order valence-electron chi connectivity index (χ4n) is 2.27. The summed E-state index contributed by atoms with van der Waals surface area (Å²) in [7, 11) is 0. The second-order valence-electron chi connectivity index (χ2n) is 5.39. The number of ether oxygens (including phenoxy) is 1. The summed E-state index contributed by atoms with van der Waals surface area (Å²) in [4.78, 5) is 23.2. The predicted molar refractivity (Wildman–Crippen MR) is 91.0 cm³/mol. The van der Waals surface area contributed by atoms with E-state index in [0.29, 0.717) is 25.3 Å². The quantitative estimate of drug-likeness (QED) is 0.730. The van der Waals surface area contributed by atoms with Gasteiger partial charge in [-0.3, -0.25) is 4.79 Å². The average molecular weight is 327 g/mol. The van der Waals surface area contributed by atoms with E-state index in [4.69, 9.17) is 9.84 Å². The maximum atomic E-state index is 12.2. The molecule has 0 saturated carbocycles. The normalized spacial score (nSPS) is 10.4. The van der Waals surface area contributed by atoms with Crippen molar-refractivity contribution in [2.45, 2.75) is 26.5 Å². The van der Waals surface area contributed by atoms with Crippen LogP contribution in [0, 0.1) is 0 Å². The summed E-state index contributed by atoms with van der Waals surface area (Å²) < 4.78 is 5.57. The van der Waals surface area contributed by atoms with Crippen molar-refractivity contribution < 1.29 is 19.4 Å². The van der Waals surface area contributed by atoms with E-state index in [0.717, 1.165) is 17.5 Å². The van der Waals surface area contributed by atoms with Crippen LogP contribution in [0.25, 0.3) is 0 Å². The number of hydrogen-bond donors (Lipinski definition) is 2. The number of carbonyl (C=O) groups is 2. The van der Waals surface area contributed by atoms with Crippen LogP contribution in [0.3, 0.4) is 0 Å². The molecular formula is C19H21NO4. The molecular weight excluding hydrogens is 306 g/mol. The minimum Gasteiger partial charge on any atom is -0.478 e. The maximum Gasteiger partial charge on any atom is 0.335 e. The van der Waals surface area contributed by atoms with Crippen LogP contribution >= 0.6 is 0 Å². The van der Waals surface area contributed by atoms with E-state index in [1.165, 1.54) is 12.1 Å². The Hall–Kier alpha value is -2.66. The van der Waals surface area contributed by atoms with Crippen molar-refractivity contribution in [1.29, 1.82) is 0 Å². The van der Waals surface area contributed by atoms with E-state index in [1.807, 2.05) is 24.3 Å². The molecule has 5 heteroatoms. The number of rotatable bonds is 8. The molecule has 1 amide bonds. The smallest absolute Gasteiger partial charge is 0.335 e. The Kier molecular flexibility index (Phi) is 6.51. The third kappa shape index (κ3) is 4.93. The van der Waals surface area contributed by atoms with Gasteiger partial charge < -0.3 is 15.2 Å². The fourth-order valence-corrected chi connectivity index (χ4v) is 2.27. The van der Waals surface area contributed by atoms with Crippen LogP contribution in [0.5, 0.6) is 0 Å². The molecule has 0 bridgehead atoms. The van der Waals surface area contributed by atoms with Crippen LogP contribution in [0.2, 0.25) is 0 Å². The van der Waals surface area contributed by atoms with Gasteiger partial charge in [-0.05, 0) is 35.7 Å². The molecule has 0 radical (unpaired) electrons. The molecule has 0 atom stereocenters. The first-order valence-corrected chi connectivity index (χ1v) is 7.88. The molecule has 0 aromatic heterocycles. The molecule has 126 valence electrons. The zero-order valence-electron chi connectivity index (χ0n) is 13.6. The van der Waals surface area contributed by atoms with Gasteiger partial charge in [0.05, 0.1) is 12.2 Å². The molecule has 0 aliphatic carbocycles. The van der Waals surface area contributed by atoms with Crippen molar-refractivity contribution in [1.82, 2.24) is 5.32 Å². The Labute approximate surface area is 141 Å². The Balaban J connectivity index is 2.01. The molecule has 2 N–H and O–H groups in total. The van der Waals surface area contributed by atoms with Gasteiger partial charge in [0.2, 0.25) is 0 Å². The number of carbonyl (C=O) groups excluding carboxylic acids is 1. The third-order valence-corrected chi connectivity index (χ3v) is 3.54. The van der Waals surface area contributed by atoms with Crippen molar-refractivity contribution >= 4 is 11.9 Å². The first kappa shape index (κ1) is 17.7. The van der Waals surface area contributed by atoms with Crippen LogP contribution in [-0.4, -0.2) is 23.6 Å². The van der Waals surface area contributed by atoms with Gasteiger partial charge in [0.1, 0.15) is 0 Å². The molecule has 24 heavy (non-hydrogen) atoms. The highest BCUT2D eigenvalue weighted by Crippen LogP contribution is 2.11. The molecule has 0 heterocycles. The summed E-state index contributed by atoms with van der Waals surface area (Å²) in [5.41, 5.74) is 2.44. The molecule has 0 aliphatic rings. The van der Waals surface area contributed by atoms with Crippen molar-refractivity contribution in [2.75, 3.05) is 6.61 Å². The van der Waals surface area contributed by atoms with Gasteiger partial charge in [0.25, 0.3) is 5.91 Å². The molecule has 2 aromatic carbocycles. The van der Waals surface area contributed by atoms with Gasteiger partial charge in [-0.15, -0.1) is 0 Å². The van der Waals surface area contributed by atoms with Gasteiger partial charge in [-0.1, -0.05) is 37.3 Å². The van der Waals surface area contributed by atoms with E-state index in [1.54, 1.807) is 12.1 Å². The maximum absolute atomic E-state index is 12.2. The third-order valence-electron chi connectivity index (χ3n) is 3.54. The fraction of sp³-hybridized carbons (Fsp3) is 0.263. The van der Waals surface area contributed by atoms with E-state index < -0.39 is 5.97 Å². The van der Waals surface area contributed by atoms with Gasteiger partial charge in [-0.2, -0.15) is 0 Å². The SMILES string of the molecule is CCCOCc1ccccc1CNC(=O)c1cccc(C(=O)O)c1. The Morgan fingerprint density at radius 1 is 1.04 bits per heavy atom. The van der Waals surface area contributed by atoms with E-state index in [2.05, 4.69) is 12.2 Å². The first-order chi connectivity index (χ1) is 11.6. The van der Waals surface area contributed by atoms with Crippen molar-refractivity contribution in [3.05, 3.63) is 70.8 Å². The van der Waals surface area contributed by atoms with Crippen LogP contribution in [0.4, 0.5) is 0 Å². The summed E-state index contributed by atoms with van der Waals surface area (Å²) in [6, 6.07) is 13.7. The molecule has 0 aliphatic heterocycles. The lowest BCUT2D eigenvalue weighted by Gasteiger charge is -2.11. The van der Waals surface area contributed by atoms with Crippen molar-refractivity contribution in [2.24, 2.45) is 0 Å². The van der Waals surface area contributed by atoms with Crippen LogP contribution in [0.1, 0.15) is 45.2 Å². The number of carboxylic acids is 1. The molecule has 0 spiro atoms. The number of aromatic carboxylic acids is 1. The highest BCUT2D eigenvalue weighted by molar-refractivity contribution is 5.97. The number of benzene rings is 2. The highest BCUT2D eigenvalue weighted by atomic mass is 16.5. The lowest BCUT2D eigenvalue weighted by atomic mass is 10.1. The average Bonchev–Trinajstić information content (AvgIpc) is 2.61. The standard InChI is InChI=1S/C19H21NO4/c1-2-10-24-13-17-7-4-3-6-16(17)12-20-18(21)14-8-5-9-15(11-14)19(22)23/h3-9,11H,2,10,12-13H2,1H3,(H,20,21)(H,22,23). The van der Waals surface area contributed by atoms with E-state index in [9.17, 15) is 9.59 Å². The molecule has 0 saturated heterocycles. The van der Waals surface area contributed by atoms with Gasteiger partial charge in [0, 0.05) is 18.7 Å². The number of nitrogens with one attached hydrogen (secondary N) is 1. The number of amides is 1. The van der Waals surface area contributed by atoms with Crippen molar-refractivity contribution in [3.8, 4) is 0 Å². The number of hydrogen-bond acceptors (Lipinski definition) is 3. The topological polar surface area (TPSA) is 75.6 Å². The largest absolute Gasteiger partial charge is 0.478 e. The van der Waals surface area contributed by atoms with Crippen LogP contribution < -0.4 is 5.32 Å². The number of carboxylic acid groups (broad SMARTS) is 1. The second kappa shape index (κ2) is 8.84.